The number of pyridine rings is 1. The lowest BCUT2D eigenvalue weighted by molar-refractivity contribution is 0.0600. The van der Waals surface area contributed by atoms with Crippen molar-refractivity contribution in [2.75, 3.05) is 0 Å². The summed E-state index contributed by atoms with van der Waals surface area (Å²) in [4.78, 5) is 14.1. The molecule has 5 nitrogen and oxygen atoms in total. The fraction of sp³-hybridized carbons (Fsp3) is 0.400. The summed E-state index contributed by atoms with van der Waals surface area (Å²) < 4.78 is 4.58. The van der Waals surface area contributed by atoms with Crippen molar-refractivity contribution in [1.29, 1.82) is 0 Å². The molecule has 0 atom stereocenters. The molecule has 0 saturated heterocycles. The molecule has 0 unspecified atom stereocenters. The van der Waals surface area contributed by atoms with Gasteiger partial charge < -0.3 is 15.6 Å². The number of primary amides is 1. The van der Waals surface area contributed by atoms with Crippen LogP contribution in [0.4, 0.5) is 4.79 Å². The zero-order valence-electron chi connectivity index (χ0n) is 15.5. The minimum absolute atomic E-state index is 0.0514. The summed E-state index contributed by atoms with van der Waals surface area (Å²) >= 11 is 0. The van der Waals surface area contributed by atoms with Gasteiger partial charge in [-0.1, -0.05) is 37.3 Å². The zero-order chi connectivity index (χ0) is 18.9. The maximum atomic E-state index is 10.0. The van der Waals surface area contributed by atoms with E-state index in [1.54, 1.807) is 27.0 Å². The van der Waals surface area contributed by atoms with Gasteiger partial charge in [-0.25, -0.2) is 4.79 Å². The number of nitrogens with zero attached hydrogens (tertiary/aromatic N) is 1. The van der Waals surface area contributed by atoms with Crippen LogP contribution in [0, 0.1) is 0 Å². The molecule has 0 saturated carbocycles. The summed E-state index contributed by atoms with van der Waals surface area (Å²) in [5, 5.41) is 9.07. The van der Waals surface area contributed by atoms with Gasteiger partial charge in [0.2, 0.25) is 0 Å². The van der Waals surface area contributed by atoms with Crippen molar-refractivity contribution >= 4 is 6.09 Å². The largest absolute Gasteiger partial charge is 0.444 e. The summed E-state index contributed by atoms with van der Waals surface area (Å²) in [6.07, 6.45) is 4.76. The highest BCUT2D eigenvalue weighted by Crippen LogP contribution is 2.12. The summed E-state index contributed by atoms with van der Waals surface area (Å²) in [6.45, 7) is 7.50. The number of carbonyl (C=O) groups is 1. The number of aromatic nitrogens is 1. The van der Waals surface area contributed by atoms with Crippen molar-refractivity contribution in [2.24, 2.45) is 5.73 Å². The average molecular weight is 344 g/mol. The van der Waals surface area contributed by atoms with Gasteiger partial charge in [0.25, 0.3) is 0 Å². The molecule has 25 heavy (non-hydrogen) atoms. The maximum Gasteiger partial charge on any atom is 0.405 e. The van der Waals surface area contributed by atoms with E-state index in [9.17, 15) is 4.79 Å². The number of aryl methyl sites for hydroxylation is 1. The van der Waals surface area contributed by atoms with Crippen molar-refractivity contribution in [3.8, 4) is 0 Å². The number of aliphatic hydroxyl groups is 1. The summed E-state index contributed by atoms with van der Waals surface area (Å²) in [6, 6.07) is 10.6. The second-order valence-corrected chi connectivity index (χ2v) is 6.74. The van der Waals surface area contributed by atoms with E-state index in [-0.39, 0.29) is 6.61 Å². The molecule has 0 bridgehead atoms. The van der Waals surface area contributed by atoms with Crippen LogP contribution in [-0.2, 0) is 24.2 Å². The van der Waals surface area contributed by atoms with Crippen molar-refractivity contribution in [3.63, 3.8) is 0 Å². The van der Waals surface area contributed by atoms with Crippen LogP contribution < -0.4 is 5.73 Å². The monoisotopic (exact) mass is 344 g/mol. The third-order valence-electron chi connectivity index (χ3n) is 3.25. The molecule has 0 aliphatic carbocycles. The van der Waals surface area contributed by atoms with E-state index in [1.807, 2.05) is 12.3 Å². The van der Waals surface area contributed by atoms with Crippen LogP contribution in [0.1, 0.15) is 49.9 Å². The highest BCUT2D eigenvalue weighted by atomic mass is 16.6. The van der Waals surface area contributed by atoms with E-state index in [1.165, 1.54) is 11.1 Å². The number of aliphatic hydroxyl groups excluding tert-OH is 1. The molecule has 3 N–H and O–H groups in total. The standard InChI is InChI=1S/C15H17NO.C5H11NO2/c1-2-12-4-3-5-13(6-12)7-14-8-15(11-17)10-16-9-14;1-5(2,3)8-4(6)7/h3-6,8-10,17H,2,7,11H2,1H3;1-3H3,(H2,6,7). The van der Waals surface area contributed by atoms with Crippen LogP contribution in [0.25, 0.3) is 0 Å². The van der Waals surface area contributed by atoms with Crippen LogP contribution in [0.5, 0.6) is 0 Å². The van der Waals surface area contributed by atoms with Crippen LogP contribution in [-0.4, -0.2) is 21.8 Å². The molecule has 136 valence electrons. The van der Waals surface area contributed by atoms with Gasteiger partial charge in [0, 0.05) is 12.4 Å². The number of ether oxygens (including phenoxy) is 1. The lowest BCUT2D eigenvalue weighted by atomic mass is 10.0. The highest BCUT2D eigenvalue weighted by molar-refractivity contribution is 5.65. The van der Waals surface area contributed by atoms with Crippen LogP contribution >= 0.6 is 0 Å². The Bertz CT molecular complexity index is 633. The third-order valence-corrected chi connectivity index (χ3v) is 3.25. The molecule has 0 radical (unpaired) electrons. The van der Waals surface area contributed by atoms with Gasteiger partial charge in [-0.3, -0.25) is 4.98 Å². The number of nitrogens with two attached hydrogens (primary N) is 1. The van der Waals surface area contributed by atoms with Gasteiger partial charge >= 0.3 is 6.09 Å². The van der Waals surface area contributed by atoms with Gasteiger partial charge in [0.1, 0.15) is 5.60 Å². The Labute approximate surface area is 149 Å². The summed E-state index contributed by atoms with van der Waals surface area (Å²) in [5.41, 5.74) is 8.93. The number of amides is 1. The van der Waals surface area contributed by atoms with Crippen molar-refractivity contribution in [3.05, 3.63) is 65.0 Å². The van der Waals surface area contributed by atoms with E-state index in [2.05, 4.69) is 40.9 Å². The Morgan fingerprint density at radius 2 is 1.72 bits per heavy atom. The SMILES string of the molecule is CC(C)(C)OC(N)=O.CCc1cccc(Cc2cncc(CO)c2)c1. The quantitative estimate of drug-likeness (QED) is 0.887. The first-order valence-corrected chi connectivity index (χ1v) is 8.33. The first-order chi connectivity index (χ1) is 11.7. The fourth-order valence-electron chi connectivity index (χ4n) is 2.22. The molecule has 1 heterocycles. The van der Waals surface area contributed by atoms with Gasteiger partial charge in [-0.05, 0) is 55.9 Å². The highest BCUT2D eigenvalue weighted by Gasteiger charge is 2.12. The van der Waals surface area contributed by atoms with Crippen LogP contribution in [0.15, 0.2) is 42.7 Å². The number of hydrogen-bond acceptors (Lipinski definition) is 4. The zero-order valence-corrected chi connectivity index (χ0v) is 15.5. The van der Waals surface area contributed by atoms with E-state index < -0.39 is 11.7 Å². The number of hydrogen-bond donors (Lipinski definition) is 2. The Hall–Kier alpha value is -2.40. The molecule has 2 aromatic rings. The number of benzene rings is 1. The minimum Gasteiger partial charge on any atom is -0.444 e. The van der Waals surface area contributed by atoms with Gasteiger partial charge in [0.05, 0.1) is 6.61 Å². The van der Waals surface area contributed by atoms with Gasteiger partial charge in [0.15, 0.2) is 0 Å². The van der Waals surface area contributed by atoms with E-state index in [4.69, 9.17) is 10.8 Å². The minimum atomic E-state index is -0.725. The smallest absolute Gasteiger partial charge is 0.405 e. The summed E-state index contributed by atoms with van der Waals surface area (Å²) in [5.74, 6) is 0. The molecule has 2 rings (SSSR count). The van der Waals surface area contributed by atoms with Crippen molar-refractivity contribution in [1.82, 2.24) is 4.98 Å². The Morgan fingerprint density at radius 1 is 1.12 bits per heavy atom. The average Bonchev–Trinajstić information content (AvgIpc) is 2.53. The van der Waals surface area contributed by atoms with Crippen LogP contribution in [0.2, 0.25) is 0 Å². The summed E-state index contributed by atoms with van der Waals surface area (Å²) in [7, 11) is 0. The topological polar surface area (TPSA) is 85.4 Å². The molecule has 0 spiro atoms. The third kappa shape index (κ3) is 8.86. The predicted octanol–water partition coefficient (Wildman–Crippen LogP) is 3.61. The fourth-order valence-corrected chi connectivity index (χ4v) is 2.22. The molecule has 0 fully saturated rings. The van der Waals surface area contributed by atoms with Crippen molar-refractivity contribution < 1.29 is 14.6 Å². The first-order valence-electron chi connectivity index (χ1n) is 8.33. The van der Waals surface area contributed by atoms with Crippen LogP contribution in [0.3, 0.4) is 0 Å². The Kier molecular flexibility index (Phi) is 8.08. The first kappa shape index (κ1) is 20.6. The second kappa shape index (κ2) is 9.79. The lowest BCUT2D eigenvalue weighted by Gasteiger charge is -2.16. The molecule has 1 aromatic carbocycles. The normalized spacial score (nSPS) is 10.6. The molecule has 0 aliphatic heterocycles. The number of rotatable bonds is 4. The molecule has 0 aliphatic rings. The lowest BCUT2D eigenvalue weighted by Crippen LogP contribution is -2.27. The molecular formula is C20H28N2O3. The van der Waals surface area contributed by atoms with E-state index in [0.29, 0.717) is 0 Å². The second-order valence-electron chi connectivity index (χ2n) is 6.74. The van der Waals surface area contributed by atoms with E-state index in [0.717, 1.165) is 24.0 Å². The van der Waals surface area contributed by atoms with Crippen molar-refractivity contribution in [2.45, 2.75) is 52.7 Å². The van der Waals surface area contributed by atoms with Gasteiger partial charge in [-0.2, -0.15) is 0 Å². The maximum absolute atomic E-state index is 10.0. The Morgan fingerprint density at radius 3 is 2.24 bits per heavy atom. The molecule has 1 aromatic heterocycles. The molecular weight excluding hydrogens is 316 g/mol. The van der Waals surface area contributed by atoms with Gasteiger partial charge in [-0.15, -0.1) is 0 Å². The predicted molar refractivity (Wildman–Crippen MR) is 99.2 cm³/mol. The molecule has 1 amide bonds. The molecule has 5 heteroatoms. The van der Waals surface area contributed by atoms with E-state index >= 15 is 0 Å². The number of carbonyl (C=O) groups excluding carboxylic acids is 1. The Balaban J connectivity index is 0.000000333.